The van der Waals surface area contributed by atoms with E-state index in [2.05, 4.69) is 37.7 Å². The van der Waals surface area contributed by atoms with Crippen molar-refractivity contribution in [3.05, 3.63) is 29.1 Å². The fraction of sp³-hybridized carbons (Fsp3) is 0.400. The fourth-order valence-electron chi connectivity index (χ4n) is 1.20. The molecule has 0 unspecified atom stereocenters. The molecule has 0 bridgehead atoms. The van der Waals surface area contributed by atoms with Crippen LogP contribution in [0.4, 0.5) is 0 Å². The topological polar surface area (TPSA) is 4.93 Å². The number of hydrogen-bond acceptors (Lipinski definition) is 0. The van der Waals surface area contributed by atoms with Gasteiger partial charge in [0.1, 0.15) is 0 Å². The molecule has 1 nitrogen and oxygen atoms in total. The van der Waals surface area contributed by atoms with Crippen molar-refractivity contribution in [3.8, 4) is 0 Å². The van der Waals surface area contributed by atoms with E-state index < -0.39 is 0 Å². The Morgan fingerprint density at radius 2 is 1.91 bits per heavy atom. The third-order valence-corrected chi connectivity index (χ3v) is 2.16. The summed E-state index contributed by atoms with van der Waals surface area (Å²) in [5.41, 5.74) is 4.09. The first kappa shape index (κ1) is 8.12. The number of aromatic nitrogens is 1. The van der Waals surface area contributed by atoms with Gasteiger partial charge in [-0.05, 0) is 38.8 Å². The molecule has 0 aliphatic heterocycles. The van der Waals surface area contributed by atoms with Crippen LogP contribution in [0.2, 0.25) is 0 Å². The Morgan fingerprint density at radius 3 is 2.27 bits per heavy atom. The molecular formula is C10H15N. The van der Waals surface area contributed by atoms with Gasteiger partial charge in [-0.3, -0.25) is 0 Å². The highest BCUT2D eigenvalue weighted by Crippen LogP contribution is 2.14. The molecule has 0 aliphatic carbocycles. The summed E-state index contributed by atoms with van der Waals surface area (Å²) in [5.74, 6) is 0. The van der Waals surface area contributed by atoms with Crippen LogP contribution in [0.1, 0.15) is 23.7 Å². The summed E-state index contributed by atoms with van der Waals surface area (Å²) in [6, 6.07) is 0. The van der Waals surface area contributed by atoms with Gasteiger partial charge in [-0.25, -0.2) is 0 Å². The SMILES string of the molecule is CC=Cn1cc(C)c(C)c1C. The Morgan fingerprint density at radius 1 is 1.27 bits per heavy atom. The number of allylic oxidation sites excluding steroid dienone is 1. The van der Waals surface area contributed by atoms with Crippen molar-refractivity contribution in [1.29, 1.82) is 0 Å². The molecular weight excluding hydrogens is 134 g/mol. The second kappa shape index (κ2) is 2.95. The Bertz CT molecular complexity index is 279. The Balaban J connectivity index is 3.18. The van der Waals surface area contributed by atoms with Crippen molar-refractivity contribution < 1.29 is 0 Å². The van der Waals surface area contributed by atoms with Crippen LogP contribution in [-0.2, 0) is 0 Å². The molecule has 0 N–H and O–H groups in total. The maximum atomic E-state index is 2.16. The van der Waals surface area contributed by atoms with Crippen LogP contribution < -0.4 is 0 Å². The molecule has 0 aliphatic rings. The maximum absolute atomic E-state index is 2.16. The molecule has 11 heavy (non-hydrogen) atoms. The van der Waals surface area contributed by atoms with Crippen molar-refractivity contribution in [2.24, 2.45) is 0 Å². The van der Waals surface area contributed by atoms with E-state index in [1.54, 1.807) is 0 Å². The number of aryl methyl sites for hydroxylation is 1. The van der Waals surface area contributed by atoms with E-state index in [1.165, 1.54) is 16.8 Å². The van der Waals surface area contributed by atoms with E-state index >= 15 is 0 Å². The molecule has 60 valence electrons. The fourth-order valence-corrected chi connectivity index (χ4v) is 1.20. The molecule has 0 amide bonds. The molecule has 1 aromatic rings. The van der Waals surface area contributed by atoms with Crippen molar-refractivity contribution >= 4 is 6.20 Å². The molecule has 1 aromatic heterocycles. The maximum Gasteiger partial charge on any atom is 0.0221 e. The van der Waals surface area contributed by atoms with E-state index in [9.17, 15) is 0 Å². The van der Waals surface area contributed by atoms with Gasteiger partial charge in [0.2, 0.25) is 0 Å². The summed E-state index contributed by atoms with van der Waals surface area (Å²) in [6.45, 7) is 8.47. The van der Waals surface area contributed by atoms with Gasteiger partial charge >= 0.3 is 0 Å². The van der Waals surface area contributed by atoms with Gasteiger partial charge in [0.25, 0.3) is 0 Å². The molecule has 1 heteroatoms. The van der Waals surface area contributed by atoms with Crippen LogP contribution in [0.25, 0.3) is 6.20 Å². The highest BCUT2D eigenvalue weighted by atomic mass is 14.9. The molecule has 0 atom stereocenters. The Hall–Kier alpha value is -0.980. The third-order valence-electron chi connectivity index (χ3n) is 2.16. The van der Waals surface area contributed by atoms with Crippen LogP contribution in [0.5, 0.6) is 0 Å². The molecule has 0 aromatic carbocycles. The lowest BCUT2D eigenvalue weighted by Crippen LogP contribution is -1.86. The van der Waals surface area contributed by atoms with Gasteiger partial charge in [0, 0.05) is 18.1 Å². The van der Waals surface area contributed by atoms with E-state index in [-0.39, 0.29) is 0 Å². The minimum atomic E-state index is 1.33. The Labute approximate surface area is 68.4 Å². The summed E-state index contributed by atoms with van der Waals surface area (Å²) in [4.78, 5) is 0. The van der Waals surface area contributed by atoms with Crippen LogP contribution in [0, 0.1) is 20.8 Å². The second-order valence-electron chi connectivity index (χ2n) is 2.91. The van der Waals surface area contributed by atoms with E-state index in [4.69, 9.17) is 0 Å². The lowest BCUT2D eigenvalue weighted by molar-refractivity contribution is 1.07. The van der Waals surface area contributed by atoms with Crippen molar-refractivity contribution in [2.45, 2.75) is 27.7 Å². The normalized spacial score (nSPS) is 11.3. The highest BCUT2D eigenvalue weighted by molar-refractivity contribution is 5.37. The van der Waals surface area contributed by atoms with Crippen LogP contribution in [0.3, 0.4) is 0 Å². The average molecular weight is 149 g/mol. The average Bonchev–Trinajstić information content (AvgIpc) is 2.19. The molecule has 0 saturated carbocycles. The number of nitrogens with zero attached hydrogens (tertiary/aromatic N) is 1. The van der Waals surface area contributed by atoms with Gasteiger partial charge in [0.05, 0.1) is 0 Å². The van der Waals surface area contributed by atoms with Gasteiger partial charge < -0.3 is 4.57 Å². The quantitative estimate of drug-likeness (QED) is 0.578. The Kier molecular flexibility index (Phi) is 2.18. The van der Waals surface area contributed by atoms with Crippen molar-refractivity contribution in [1.82, 2.24) is 4.57 Å². The van der Waals surface area contributed by atoms with Gasteiger partial charge in [-0.2, -0.15) is 0 Å². The summed E-state index contributed by atoms with van der Waals surface area (Å²) in [7, 11) is 0. The lowest BCUT2D eigenvalue weighted by atomic mass is 10.2. The third kappa shape index (κ3) is 1.37. The van der Waals surface area contributed by atoms with Gasteiger partial charge in [-0.1, -0.05) is 6.08 Å². The first-order valence-corrected chi connectivity index (χ1v) is 3.94. The first-order chi connectivity index (χ1) is 5.16. The predicted octanol–water partition coefficient (Wildman–Crippen LogP) is 2.90. The zero-order valence-corrected chi connectivity index (χ0v) is 7.68. The van der Waals surface area contributed by atoms with E-state index in [1.807, 2.05) is 13.0 Å². The summed E-state index contributed by atoms with van der Waals surface area (Å²) in [5, 5.41) is 0. The number of hydrogen-bond donors (Lipinski definition) is 0. The minimum absolute atomic E-state index is 1.33. The lowest BCUT2D eigenvalue weighted by Gasteiger charge is -1.96. The van der Waals surface area contributed by atoms with E-state index in [0.717, 1.165) is 0 Å². The van der Waals surface area contributed by atoms with Crippen LogP contribution >= 0.6 is 0 Å². The molecule has 0 saturated heterocycles. The van der Waals surface area contributed by atoms with Crippen LogP contribution in [0.15, 0.2) is 12.3 Å². The zero-order valence-electron chi connectivity index (χ0n) is 7.68. The number of rotatable bonds is 1. The second-order valence-corrected chi connectivity index (χ2v) is 2.91. The van der Waals surface area contributed by atoms with E-state index in [0.29, 0.717) is 0 Å². The summed E-state index contributed by atoms with van der Waals surface area (Å²) >= 11 is 0. The zero-order chi connectivity index (χ0) is 8.43. The molecule has 1 heterocycles. The van der Waals surface area contributed by atoms with Crippen molar-refractivity contribution in [3.63, 3.8) is 0 Å². The summed E-state index contributed by atoms with van der Waals surface area (Å²) < 4.78 is 2.16. The minimum Gasteiger partial charge on any atom is -0.328 e. The monoisotopic (exact) mass is 149 g/mol. The highest BCUT2D eigenvalue weighted by Gasteiger charge is 2.01. The van der Waals surface area contributed by atoms with Crippen molar-refractivity contribution in [2.75, 3.05) is 0 Å². The summed E-state index contributed by atoms with van der Waals surface area (Å²) in [6.07, 6.45) is 6.28. The van der Waals surface area contributed by atoms with Gasteiger partial charge in [0.15, 0.2) is 0 Å². The first-order valence-electron chi connectivity index (χ1n) is 3.94. The standard InChI is InChI=1S/C10H15N/c1-5-6-11-7-8(2)9(3)10(11)4/h5-7H,1-4H3. The molecule has 1 rings (SSSR count). The molecule has 0 radical (unpaired) electrons. The predicted molar refractivity (Wildman–Crippen MR) is 49.6 cm³/mol. The van der Waals surface area contributed by atoms with Crippen LogP contribution in [-0.4, -0.2) is 4.57 Å². The largest absolute Gasteiger partial charge is 0.328 e. The van der Waals surface area contributed by atoms with Gasteiger partial charge in [-0.15, -0.1) is 0 Å². The molecule has 0 fully saturated rings. The molecule has 0 spiro atoms. The smallest absolute Gasteiger partial charge is 0.0221 e.